The maximum Gasteiger partial charge on any atom is 0.240 e. The molecule has 0 saturated carbocycles. The molecule has 3 rings (SSSR count). The Bertz CT molecular complexity index is 516. The van der Waals surface area contributed by atoms with Crippen molar-refractivity contribution in [2.45, 2.75) is 18.9 Å². The van der Waals surface area contributed by atoms with Crippen molar-refractivity contribution in [1.82, 2.24) is 10.2 Å². The molecule has 0 unspecified atom stereocenters. The fourth-order valence-corrected chi connectivity index (χ4v) is 3.41. The topological polar surface area (TPSA) is 33.7 Å². The van der Waals surface area contributed by atoms with Gasteiger partial charge in [0.2, 0.25) is 13.2 Å². The van der Waals surface area contributed by atoms with E-state index in [0.717, 1.165) is 36.2 Å². The van der Waals surface area contributed by atoms with Gasteiger partial charge in [-0.2, -0.15) is 0 Å². The van der Waals surface area contributed by atoms with Gasteiger partial charge >= 0.3 is 0 Å². The second-order valence-corrected chi connectivity index (χ2v) is 6.01. The number of hydrogen-bond donors (Lipinski definition) is 1. The van der Waals surface area contributed by atoms with Crippen molar-refractivity contribution in [3.05, 3.63) is 22.2 Å². The van der Waals surface area contributed by atoms with Crippen molar-refractivity contribution in [2.24, 2.45) is 0 Å². The third-order valence-corrected chi connectivity index (χ3v) is 4.53. The Morgan fingerprint density at radius 1 is 1.18 bits per heavy atom. The van der Waals surface area contributed by atoms with Crippen LogP contribution in [-0.2, 0) is 0 Å². The van der Waals surface area contributed by atoms with Crippen molar-refractivity contribution in [3.63, 3.8) is 0 Å². The first kappa shape index (κ1) is 17.7. The SMILES string of the molecule is Cl.FC(F)C[C@@H](c1cc2c(cc1Br)OCO2)N1CCNCC1. The summed E-state index contributed by atoms with van der Waals surface area (Å²) in [6.45, 7) is 3.35. The van der Waals surface area contributed by atoms with Gasteiger partial charge in [0.25, 0.3) is 0 Å². The van der Waals surface area contributed by atoms with E-state index in [-0.39, 0.29) is 31.7 Å². The lowest BCUT2D eigenvalue weighted by Gasteiger charge is -2.35. The first-order valence-corrected chi connectivity index (χ1v) is 7.76. The number of rotatable bonds is 4. The standard InChI is InChI=1S/C14H17BrF2N2O2.ClH/c15-10-6-13-12(20-8-21-13)5-9(10)11(7-14(16)17)19-3-1-18-2-4-19;/h5-6,11,14,18H,1-4,7-8H2;1H/t11-;/m0./s1. The first-order chi connectivity index (χ1) is 10.1. The Hall–Kier alpha value is -0.630. The van der Waals surface area contributed by atoms with E-state index >= 15 is 0 Å². The van der Waals surface area contributed by atoms with Crippen LogP contribution in [0.25, 0.3) is 0 Å². The molecule has 1 N–H and O–H groups in total. The van der Waals surface area contributed by atoms with Gasteiger partial charge in [-0.1, -0.05) is 15.9 Å². The van der Waals surface area contributed by atoms with Gasteiger partial charge in [0, 0.05) is 43.1 Å². The summed E-state index contributed by atoms with van der Waals surface area (Å²) in [6, 6.07) is 3.30. The number of hydrogen-bond acceptors (Lipinski definition) is 4. The number of nitrogens with one attached hydrogen (secondary N) is 1. The van der Waals surface area contributed by atoms with Crippen LogP contribution in [-0.4, -0.2) is 44.3 Å². The van der Waals surface area contributed by atoms with Crippen LogP contribution in [0.15, 0.2) is 16.6 Å². The highest BCUT2D eigenvalue weighted by molar-refractivity contribution is 9.10. The molecule has 1 atom stereocenters. The Labute approximate surface area is 142 Å². The minimum atomic E-state index is -2.35. The molecule has 0 radical (unpaired) electrons. The van der Waals surface area contributed by atoms with Crippen molar-refractivity contribution in [3.8, 4) is 11.5 Å². The summed E-state index contributed by atoms with van der Waals surface area (Å²) in [7, 11) is 0. The fourth-order valence-electron chi connectivity index (χ4n) is 2.82. The summed E-state index contributed by atoms with van der Waals surface area (Å²) in [5, 5.41) is 3.25. The molecule has 4 nitrogen and oxygen atoms in total. The number of nitrogens with zero attached hydrogens (tertiary/aromatic N) is 1. The zero-order valence-corrected chi connectivity index (χ0v) is 14.3. The molecule has 1 fully saturated rings. The molecular weight excluding hydrogens is 382 g/mol. The molecule has 1 saturated heterocycles. The number of ether oxygens (including phenoxy) is 2. The quantitative estimate of drug-likeness (QED) is 0.843. The molecule has 8 heteroatoms. The third kappa shape index (κ3) is 3.82. The summed E-state index contributed by atoms with van der Waals surface area (Å²) in [5.74, 6) is 1.28. The lowest BCUT2D eigenvalue weighted by atomic mass is 10.0. The van der Waals surface area contributed by atoms with Gasteiger partial charge in [0.1, 0.15) is 0 Å². The van der Waals surface area contributed by atoms with E-state index in [1.165, 1.54) is 0 Å². The molecule has 0 amide bonds. The van der Waals surface area contributed by atoms with Crippen LogP contribution in [0.4, 0.5) is 8.78 Å². The van der Waals surface area contributed by atoms with Crippen LogP contribution >= 0.6 is 28.3 Å². The van der Waals surface area contributed by atoms with E-state index in [1.807, 2.05) is 6.07 Å². The zero-order chi connectivity index (χ0) is 14.8. The van der Waals surface area contributed by atoms with Crippen molar-refractivity contribution < 1.29 is 18.3 Å². The van der Waals surface area contributed by atoms with Gasteiger partial charge in [0.15, 0.2) is 11.5 Å². The highest BCUT2D eigenvalue weighted by Gasteiger charge is 2.29. The van der Waals surface area contributed by atoms with Crippen molar-refractivity contribution >= 4 is 28.3 Å². The van der Waals surface area contributed by atoms with Crippen LogP contribution in [0.2, 0.25) is 0 Å². The number of fused-ring (bicyclic) bond motifs is 1. The number of benzene rings is 1. The number of alkyl halides is 2. The van der Waals surface area contributed by atoms with Gasteiger partial charge in [-0.25, -0.2) is 8.78 Å². The molecule has 2 aliphatic heterocycles. The lowest BCUT2D eigenvalue weighted by Crippen LogP contribution is -2.45. The second kappa shape index (κ2) is 7.77. The van der Waals surface area contributed by atoms with Crippen LogP contribution in [0.3, 0.4) is 0 Å². The highest BCUT2D eigenvalue weighted by Crippen LogP contribution is 2.41. The minimum absolute atomic E-state index is 0. The number of piperazine rings is 1. The summed E-state index contributed by atoms with van der Waals surface area (Å²) < 4.78 is 37.5. The average Bonchev–Trinajstić information content (AvgIpc) is 2.92. The largest absolute Gasteiger partial charge is 0.454 e. The predicted octanol–water partition coefficient (Wildman–Crippen LogP) is 3.20. The maximum absolute atomic E-state index is 13.0. The molecular formula is C14H18BrClF2N2O2. The minimum Gasteiger partial charge on any atom is -0.454 e. The summed E-state index contributed by atoms with van der Waals surface area (Å²) >= 11 is 3.48. The molecule has 22 heavy (non-hydrogen) atoms. The Kier molecular flexibility index (Phi) is 6.26. The van der Waals surface area contributed by atoms with Gasteiger partial charge in [-0.05, 0) is 17.7 Å². The summed E-state index contributed by atoms with van der Waals surface area (Å²) in [6.07, 6.45) is -2.53. The van der Waals surface area contributed by atoms with Crippen LogP contribution in [0.1, 0.15) is 18.0 Å². The van der Waals surface area contributed by atoms with Crippen molar-refractivity contribution in [1.29, 1.82) is 0 Å². The normalized spacial score (nSPS) is 19.1. The van der Waals surface area contributed by atoms with Crippen LogP contribution in [0.5, 0.6) is 11.5 Å². The van der Waals surface area contributed by atoms with E-state index < -0.39 is 6.43 Å². The second-order valence-electron chi connectivity index (χ2n) is 5.16. The van der Waals surface area contributed by atoms with Gasteiger partial charge < -0.3 is 14.8 Å². The van der Waals surface area contributed by atoms with Crippen molar-refractivity contribution in [2.75, 3.05) is 33.0 Å². The van der Waals surface area contributed by atoms with Gasteiger partial charge in [-0.15, -0.1) is 12.4 Å². The Balaban J connectivity index is 0.00000176. The van der Waals surface area contributed by atoms with E-state index in [1.54, 1.807) is 6.07 Å². The van der Waals surface area contributed by atoms with E-state index in [4.69, 9.17) is 9.47 Å². The summed E-state index contributed by atoms with van der Waals surface area (Å²) in [5.41, 5.74) is 0.835. The third-order valence-electron chi connectivity index (χ3n) is 3.84. The maximum atomic E-state index is 13.0. The first-order valence-electron chi connectivity index (χ1n) is 6.97. The Morgan fingerprint density at radius 2 is 1.82 bits per heavy atom. The van der Waals surface area contributed by atoms with E-state index in [9.17, 15) is 8.78 Å². The lowest BCUT2D eigenvalue weighted by molar-refractivity contribution is 0.0735. The van der Waals surface area contributed by atoms with Crippen LogP contribution in [0, 0.1) is 0 Å². The molecule has 1 aromatic rings. The molecule has 2 aliphatic rings. The molecule has 124 valence electrons. The van der Waals surface area contributed by atoms with Crippen LogP contribution < -0.4 is 14.8 Å². The smallest absolute Gasteiger partial charge is 0.240 e. The fraction of sp³-hybridized carbons (Fsp3) is 0.571. The Morgan fingerprint density at radius 3 is 2.45 bits per heavy atom. The monoisotopic (exact) mass is 398 g/mol. The van der Waals surface area contributed by atoms with E-state index in [0.29, 0.717) is 11.5 Å². The molecule has 1 aromatic carbocycles. The molecule has 0 aromatic heterocycles. The van der Waals surface area contributed by atoms with Gasteiger partial charge in [0.05, 0.1) is 0 Å². The molecule has 0 bridgehead atoms. The van der Waals surface area contributed by atoms with Gasteiger partial charge in [-0.3, -0.25) is 4.90 Å². The predicted molar refractivity (Wildman–Crippen MR) is 85.3 cm³/mol. The highest BCUT2D eigenvalue weighted by atomic mass is 79.9. The molecule has 0 spiro atoms. The average molecular weight is 400 g/mol. The molecule has 0 aliphatic carbocycles. The van der Waals surface area contributed by atoms with E-state index in [2.05, 4.69) is 26.1 Å². The molecule has 2 heterocycles. The zero-order valence-electron chi connectivity index (χ0n) is 11.9. The summed E-state index contributed by atoms with van der Waals surface area (Å²) in [4.78, 5) is 2.10. The number of halogens is 4.